The lowest BCUT2D eigenvalue weighted by molar-refractivity contribution is -0.274. The Morgan fingerprint density at radius 2 is 1.89 bits per heavy atom. The van der Waals surface area contributed by atoms with Crippen LogP contribution in [0.25, 0.3) is 10.4 Å². The first-order valence-electron chi connectivity index (χ1n) is 7.80. The van der Waals surface area contributed by atoms with Crippen LogP contribution in [-0.2, 0) is 0 Å². The summed E-state index contributed by atoms with van der Waals surface area (Å²) in [7, 11) is 0. The number of thiophene rings is 2. The van der Waals surface area contributed by atoms with E-state index in [0.717, 1.165) is 0 Å². The summed E-state index contributed by atoms with van der Waals surface area (Å²) >= 11 is 2.48. The number of ether oxygens (including phenoxy) is 1. The van der Waals surface area contributed by atoms with Crippen molar-refractivity contribution >= 4 is 34.3 Å². The molecule has 0 atom stereocenters. The molecule has 3 aromatic rings. The molecule has 0 aliphatic carbocycles. The van der Waals surface area contributed by atoms with Crippen molar-refractivity contribution in [1.29, 1.82) is 0 Å². The molecule has 0 fully saturated rings. The number of hydrogen-bond donors (Lipinski definition) is 2. The number of hydrogen-bond acceptors (Lipinski definition) is 6. The fourth-order valence-electron chi connectivity index (χ4n) is 2.28. The van der Waals surface area contributed by atoms with Crippen LogP contribution in [0.2, 0.25) is 0 Å². The quantitative estimate of drug-likeness (QED) is 0.433. The lowest BCUT2D eigenvalue weighted by atomic mass is 10.1. The molecule has 5 nitrogen and oxygen atoms in total. The average molecular weight is 426 g/mol. The molecular formula is C18H13F3N2O3S2. The maximum Gasteiger partial charge on any atom is 0.573 e. The lowest BCUT2D eigenvalue weighted by Gasteiger charge is -2.09. The molecule has 3 rings (SSSR count). The minimum atomic E-state index is -4.76. The highest BCUT2D eigenvalue weighted by molar-refractivity contribution is 7.14. The molecule has 0 aliphatic heterocycles. The fraction of sp³-hybridized carbons (Fsp3) is 0.111. The van der Waals surface area contributed by atoms with Crippen molar-refractivity contribution in [3.8, 4) is 21.9 Å². The summed E-state index contributed by atoms with van der Waals surface area (Å²) in [6.07, 6.45) is -4.76. The van der Waals surface area contributed by atoms with Gasteiger partial charge in [-0.2, -0.15) is 5.10 Å². The highest BCUT2D eigenvalue weighted by atomic mass is 32.1. The molecule has 0 saturated carbocycles. The van der Waals surface area contributed by atoms with Gasteiger partial charge in [0.05, 0.1) is 21.0 Å². The number of benzene rings is 1. The molecule has 0 spiro atoms. The molecule has 0 unspecified atom stereocenters. The number of nitrogens with zero attached hydrogens (tertiary/aromatic N) is 1. The van der Waals surface area contributed by atoms with Crippen LogP contribution < -0.4 is 10.2 Å². The molecule has 28 heavy (non-hydrogen) atoms. The number of nitrogens with one attached hydrogen (secondary N) is 1. The summed E-state index contributed by atoms with van der Waals surface area (Å²) in [5.74, 6) is -0.771. The molecule has 10 heteroatoms. The maximum atomic E-state index is 12.2. The van der Waals surface area contributed by atoms with Gasteiger partial charge in [0.2, 0.25) is 0 Å². The van der Waals surface area contributed by atoms with E-state index in [1.54, 1.807) is 29.8 Å². The van der Waals surface area contributed by atoms with Crippen LogP contribution in [0.15, 0.2) is 52.3 Å². The van der Waals surface area contributed by atoms with Crippen molar-refractivity contribution in [2.45, 2.75) is 13.3 Å². The Morgan fingerprint density at radius 3 is 2.50 bits per heavy atom. The second-order valence-corrected chi connectivity index (χ2v) is 7.34. The van der Waals surface area contributed by atoms with Crippen molar-refractivity contribution in [3.63, 3.8) is 0 Å². The third-order valence-corrected chi connectivity index (χ3v) is 5.46. The number of carbonyl (C=O) groups excluding carboxylic acids is 1. The van der Waals surface area contributed by atoms with Gasteiger partial charge in [-0.25, -0.2) is 5.43 Å². The Balaban J connectivity index is 1.76. The molecular weight excluding hydrogens is 413 g/mol. The van der Waals surface area contributed by atoms with Crippen molar-refractivity contribution in [2.24, 2.45) is 5.10 Å². The highest BCUT2D eigenvalue weighted by Gasteiger charge is 2.31. The first kappa shape index (κ1) is 19.9. The summed E-state index contributed by atoms with van der Waals surface area (Å²) in [5.41, 5.74) is 3.75. The standard InChI is InChI=1S/C18H13F3N2O3S2/c1-10(22-23-17(25)14-3-2-8-27-14)13-9-28-16(15(13)24)11-4-6-12(7-5-11)26-18(19,20)21/h2-9,24H,1H3,(H,23,25). The normalized spacial score (nSPS) is 12.1. The third kappa shape index (κ3) is 4.70. The first-order chi connectivity index (χ1) is 13.2. The molecule has 1 amide bonds. The van der Waals surface area contributed by atoms with Gasteiger partial charge in [-0.05, 0) is 48.2 Å². The van der Waals surface area contributed by atoms with E-state index in [2.05, 4.69) is 15.3 Å². The monoisotopic (exact) mass is 426 g/mol. The Hall–Kier alpha value is -2.85. The van der Waals surface area contributed by atoms with E-state index in [0.29, 0.717) is 26.6 Å². The molecule has 1 aromatic carbocycles. The number of aromatic hydroxyl groups is 1. The van der Waals surface area contributed by atoms with Crippen molar-refractivity contribution in [3.05, 3.63) is 57.6 Å². The lowest BCUT2D eigenvalue weighted by Crippen LogP contribution is -2.18. The van der Waals surface area contributed by atoms with Crippen LogP contribution in [-0.4, -0.2) is 23.1 Å². The zero-order valence-corrected chi connectivity index (χ0v) is 15.9. The van der Waals surface area contributed by atoms with E-state index in [4.69, 9.17) is 0 Å². The number of rotatable bonds is 5. The predicted molar refractivity (Wildman–Crippen MR) is 102 cm³/mol. The minimum Gasteiger partial charge on any atom is -0.506 e. The Morgan fingerprint density at radius 1 is 1.18 bits per heavy atom. The average Bonchev–Trinajstić information content (AvgIpc) is 3.29. The number of carbonyl (C=O) groups is 1. The van der Waals surface area contributed by atoms with E-state index >= 15 is 0 Å². The Labute approximate surface area is 165 Å². The van der Waals surface area contributed by atoms with E-state index < -0.39 is 6.36 Å². The molecule has 0 bridgehead atoms. The van der Waals surface area contributed by atoms with Gasteiger partial charge in [0, 0.05) is 5.38 Å². The molecule has 2 aromatic heterocycles. The van der Waals surface area contributed by atoms with Gasteiger partial charge in [0.1, 0.15) is 11.5 Å². The maximum absolute atomic E-state index is 12.2. The summed E-state index contributed by atoms with van der Waals surface area (Å²) in [6.45, 7) is 1.63. The second-order valence-electron chi connectivity index (χ2n) is 5.51. The third-order valence-electron chi connectivity index (χ3n) is 3.57. The number of halogens is 3. The van der Waals surface area contributed by atoms with Crippen molar-refractivity contribution in [2.75, 3.05) is 0 Å². The smallest absolute Gasteiger partial charge is 0.506 e. The van der Waals surface area contributed by atoms with Crippen molar-refractivity contribution < 1.29 is 27.8 Å². The molecule has 0 saturated heterocycles. The summed E-state index contributed by atoms with van der Waals surface area (Å²) < 4.78 is 40.5. The second kappa shape index (κ2) is 8.03. The van der Waals surface area contributed by atoms with Crippen LogP contribution >= 0.6 is 22.7 Å². The van der Waals surface area contributed by atoms with Gasteiger partial charge < -0.3 is 9.84 Å². The highest BCUT2D eigenvalue weighted by Crippen LogP contribution is 2.39. The SMILES string of the molecule is CC(=NNC(=O)c1cccs1)c1csc(-c2ccc(OC(F)(F)F)cc2)c1O. The predicted octanol–water partition coefficient (Wildman–Crippen LogP) is 5.23. The van der Waals surface area contributed by atoms with Gasteiger partial charge in [-0.3, -0.25) is 4.79 Å². The fourth-order valence-corrected chi connectivity index (χ4v) is 3.90. The molecule has 2 heterocycles. The molecule has 2 N–H and O–H groups in total. The van der Waals surface area contributed by atoms with Gasteiger partial charge in [0.15, 0.2) is 0 Å². The van der Waals surface area contributed by atoms with E-state index in [1.807, 2.05) is 0 Å². The number of alkyl halides is 3. The van der Waals surface area contributed by atoms with Gasteiger partial charge in [-0.1, -0.05) is 6.07 Å². The van der Waals surface area contributed by atoms with Crippen LogP contribution in [0.1, 0.15) is 22.2 Å². The molecule has 0 radical (unpaired) electrons. The summed E-state index contributed by atoms with van der Waals surface area (Å²) in [4.78, 5) is 12.9. The van der Waals surface area contributed by atoms with Crippen LogP contribution in [0.3, 0.4) is 0 Å². The van der Waals surface area contributed by atoms with E-state index in [1.165, 1.54) is 46.9 Å². The largest absolute Gasteiger partial charge is 0.573 e. The Bertz CT molecular complexity index is 994. The first-order valence-corrected chi connectivity index (χ1v) is 9.55. The minimum absolute atomic E-state index is 0.0684. The molecule has 146 valence electrons. The van der Waals surface area contributed by atoms with Crippen molar-refractivity contribution in [1.82, 2.24) is 5.43 Å². The summed E-state index contributed by atoms with van der Waals surface area (Å²) in [6, 6.07) is 8.59. The van der Waals surface area contributed by atoms with E-state index in [9.17, 15) is 23.1 Å². The Kier molecular flexibility index (Phi) is 5.71. The van der Waals surface area contributed by atoms with Crippen LogP contribution in [0.5, 0.6) is 11.5 Å². The van der Waals surface area contributed by atoms with Gasteiger partial charge in [0.25, 0.3) is 5.91 Å². The summed E-state index contributed by atoms with van der Waals surface area (Å²) in [5, 5.41) is 17.9. The van der Waals surface area contributed by atoms with Gasteiger partial charge in [-0.15, -0.1) is 35.8 Å². The zero-order valence-electron chi connectivity index (χ0n) is 14.3. The number of amides is 1. The molecule has 0 aliphatic rings. The van der Waals surface area contributed by atoms with Gasteiger partial charge >= 0.3 is 6.36 Å². The topological polar surface area (TPSA) is 70.9 Å². The van der Waals surface area contributed by atoms with E-state index in [-0.39, 0.29) is 17.4 Å². The number of hydrazone groups is 1. The van der Waals surface area contributed by atoms with Crippen LogP contribution in [0.4, 0.5) is 13.2 Å². The van der Waals surface area contributed by atoms with Crippen LogP contribution in [0, 0.1) is 0 Å². The zero-order chi connectivity index (χ0) is 20.3.